The molecule has 6 heteroatoms. The second-order valence-electron chi connectivity index (χ2n) is 7.49. The minimum Gasteiger partial charge on any atom is -0.462 e. The lowest BCUT2D eigenvalue weighted by atomic mass is 9.97. The summed E-state index contributed by atoms with van der Waals surface area (Å²) in [4.78, 5) is 41.6. The van der Waals surface area contributed by atoms with E-state index in [2.05, 4.69) is 10.3 Å². The second kappa shape index (κ2) is 9.00. The summed E-state index contributed by atoms with van der Waals surface area (Å²) in [7, 11) is 0. The number of nitrogens with one attached hydrogen (secondary N) is 2. The van der Waals surface area contributed by atoms with Crippen LogP contribution in [0.3, 0.4) is 0 Å². The molecule has 2 N–H and O–H groups in total. The Morgan fingerprint density at radius 2 is 1.65 bits per heavy atom. The number of rotatable bonds is 6. The number of carbonyl (C=O) groups excluding carboxylic acids is 3. The molecule has 1 heterocycles. The minimum absolute atomic E-state index is 0.0622. The zero-order valence-electron chi connectivity index (χ0n) is 18.4. The first kappa shape index (κ1) is 22.0. The average molecular weight is 418 g/mol. The van der Waals surface area contributed by atoms with Gasteiger partial charge >= 0.3 is 5.97 Å². The number of amides is 1. The standard InChI is InChI=1S/C25H26N2O4/c1-6-31-25(30)20-17(5)26-22(21(20)18-12-10-14(2)11-13-18)23(28)24(29)27-19-9-7-8-15(3)16(19)4/h7-13,26H,6H2,1-5H3,(H,27,29). The molecule has 2 aromatic carbocycles. The van der Waals surface area contributed by atoms with Crippen LogP contribution in [0, 0.1) is 27.7 Å². The summed E-state index contributed by atoms with van der Waals surface area (Å²) in [5.74, 6) is -2.07. The van der Waals surface area contributed by atoms with Crippen LogP contribution in [0.15, 0.2) is 42.5 Å². The molecule has 0 atom stereocenters. The van der Waals surface area contributed by atoms with Gasteiger partial charge in [-0.2, -0.15) is 0 Å². The third-order valence-electron chi connectivity index (χ3n) is 5.29. The third kappa shape index (κ3) is 4.43. The number of Topliss-reactive ketones (excluding diaryl/α,β-unsaturated/α-hetero) is 1. The van der Waals surface area contributed by atoms with Gasteiger partial charge in [0.2, 0.25) is 0 Å². The number of aryl methyl sites for hydroxylation is 3. The Morgan fingerprint density at radius 3 is 2.29 bits per heavy atom. The molecule has 0 saturated carbocycles. The first-order valence-corrected chi connectivity index (χ1v) is 10.1. The maximum atomic E-state index is 13.2. The van der Waals surface area contributed by atoms with Gasteiger partial charge in [0.1, 0.15) is 5.69 Å². The van der Waals surface area contributed by atoms with E-state index in [1.165, 1.54) is 0 Å². The lowest BCUT2D eigenvalue weighted by molar-refractivity contribution is -0.112. The van der Waals surface area contributed by atoms with E-state index in [0.717, 1.165) is 16.7 Å². The van der Waals surface area contributed by atoms with E-state index in [1.807, 2.05) is 57.2 Å². The van der Waals surface area contributed by atoms with Crippen LogP contribution in [0.5, 0.6) is 0 Å². The smallest absolute Gasteiger partial charge is 0.340 e. The SMILES string of the molecule is CCOC(=O)c1c(C)[nH]c(C(=O)C(=O)Nc2cccc(C)c2C)c1-c1ccc(C)cc1. The zero-order chi connectivity index (χ0) is 22.7. The van der Waals surface area contributed by atoms with Crippen molar-refractivity contribution >= 4 is 23.3 Å². The number of hydrogen-bond acceptors (Lipinski definition) is 4. The molecule has 31 heavy (non-hydrogen) atoms. The van der Waals surface area contributed by atoms with Crippen molar-refractivity contribution in [1.82, 2.24) is 4.98 Å². The van der Waals surface area contributed by atoms with Gasteiger partial charge in [0.05, 0.1) is 12.2 Å². The highest BCUT2D eigenvalue weighted by atomic mass is 16.5. The molecule has 3 rings (SSSR count). The molecule has 0 aliphatic rings. The van der Waals surface area contributed by atoms with Gasteiger partial charge in [0.15, 0.2) is 0 Å². The van der Waals surface area contributed by atoms with Crippen molar-refractivity contribution in [3.8, 4) is 11.1 Å². The number of anilines is 1. The topological polar surface area (TPSA) is 88.3 Å². The van der Waals surface area contributed by atoms with Crippen molar-refractivity contribution in [3.05, 3.63) is 76.1 Å². The Hall–Kier alpha value is -3.67. The zero-order valence-corrected chi connectivity index (χ0v) is 18.4. The fourth-order valence-electron chi connectivity index (χ4n) is 3.44. The van der Waals surface area contributed by atoms with Gasteiger partial charge < -0.3 is 15.0 Å². The first-order valence-electron chi connectivity index (χ1n) is 10.1. The first-order chi connectivity index (χ1) is 14.7. The fraction of sp³-hybridized carbons (Fsp3) is 0.240. The average Bonchev–Trinajstić information content (AvgIpc) is 3.08. The van der Waals surface area contributed by atoms with E-state index in [0.29, 0.717) is 22.5 Å². The van der Waals surface area contributed by atoms with Gasteiger partial charge in [0, 0.05) is 16.9 Å². The Labute approximate surface area is 181 Å². The number of aromatic amines is 1. The fourth-order valence-corrected chi connectivity index (χ4v) is 3.44. The number of hydrogen-bond donors (Lipinski definition) is 2. The molecule has 1 aromatic heterocycles. The van der Waals surface area contributed by atoms with Gasteiger partial charge in [-0.15, -0.1) is 0 Å². The summed E-state index contributed by atoms with van der Waals surface area (Å²) in [5.41, 5.74) is 5.32. The van der Waals surface area contributed by atoms with Crippen LogP contribution in [-0.2, 0) is 9.53 Å². The van der Waals surface area contributed by atoms with Gasteiger partial charge in [-0.05, 0) is 57.4 Å². The van der Waals surface area contributed by atoms with Gasteiger partial charge in [0.25, 0.3) is 11.7 Å². The van der Waals surface area contributed by atoms with Crippen LogP contribution in [0.1, 0.15) is 50.2 Å². The number of esters is 1. The van der Waals surface area contributed by atoms with Crippen LogP contribution in [-0.4, -0.2) is 29.3 Å². The largest absolute Gasteiger partial charge is 0.462 e. The molecule has 0 spiro atoms. The summed E-state index contributed by atoms with van der Waals surface area (Å²) in [6.45, 7) is 9.36. The Bertz CT molecular complexity index is 1160. The minimum atomic E-state index is -0.779. The highest BCUT2D eigenvalue weighted by Gasteiger charge is 2.30. The normalized spacial score (nSPS) is 10.6. The van der Waals surface area contributed by atoms with Crippen LogP contribution < -0.4 is 5.32 Å². The van der Waals surface area contributed by atoms with Crippen LogP contribution in [0.4, 0.5) is 5.69 Å². The van der Waals surface area contributed by atoms with Gasteiger partial charge in [-0.1, -0.05) is 42.0 Å². The number of benzene rings is 2. The monoisotopic (exact) mass is 418 g/mol. The maximum Gasteiger partial charge on any atom is 0.340 e. The van der Waals surface area contributed by atoms with Crippen molar-refractivity contribution in [2.24, 2.45) is 0 Å². The van der Waals surface area contributed by atoms with E-state index >= 15 is 0 Å². The summed E-state index contributed by atoms with van der Waals surface area (Å²) in [5, 5.41) is 2.70. The summed E-state index contributed by atoms with van der Waals surface area (Å²) in [6, 6.07) is 12.9. The summed E-state index contributed by atoms with van der Waals surface area (Å²) in [6.07, 6.45) is 0. The predicted octanol–water partition coefficient (Wildman–Crippen LogP) is 4.91. The summed E-state index contributed by atoms with van der Waals surface area (Å²) >= 11 is 0. The molecule has 160 valence electrons. The van der Waals surface area contributed by atoms with Gasteiger partial charge in [-0.25, -0.2) is 4.79 Å². The molecule has 0 fully saturated rings. The van der Waals surface area contributed by atoms with Crippen molar-refractivity contribution in [2.75, 3.05) is 11.9 Å². The molecule has 3 aromatic rings. The third-order valence-corrected chi connectivity index (χ3v) is 5.29. The molecule has 6 nitrogen and oxygen atoms in total. The van der Waals surface area contributed by atoms with Crippen molar-refractivity contribution < 1.29 is 19.1 Å². The number of aromatic nitrogens is 1. The number of ether oxygens (including phenoxy) is 1. The number of ketones is 1. The Morgan fingerprint density at radius 1 is 0.968 bits per heavy atom. The lowest BCUT2D eigenvalue weighted by Crippen LogP contribution is -2.24. The van der Waals surface area contributed by atoms with Crippen LogP contribution >= 0.6 is 0 Å². The van der Waals surface area contributed by atoms with Gasteiger partial charge in [-0.3, -0.25) is 9.59 Å². The lowest BCUT2D eigenvalue weighted by Gasteiger charge is -2.11. The van der Waals surface area contributed by atoms with E-state index in [-0.39, 0.29) is 17.9 Å². The van der Waals surface area contributed by atoms with Crippen LogP contribution in [0.2, 0.25) is 0 Å². The maximum absolute atomic E-state index is 13.2. The van der Waals surface area contributed by atoms with Crippen molar-refractivity contribution in [3.63, 3.8) is 0 Å². The molecular formula is C25H26N2O4. The predicted molar refractivity (Wildman–Crippen MR) is 121 cm³/mol. The van der Waals surface area contributed by atoms with Crippen molar-refractivity contribution in [2.45, 2.75) is 34.6 Å². The molecule has 0 bridgehead atoms. The quantitative estimate of drug-likeness (QED) is 0.338. The molecule has 0 aliphatic heterocycles. The summed E-state index contributed by atoms with van der Waals surface area (Å²) < 4.78 is 5.20. The second-order valence-corrected chi connectivity index (χ2v) is 7.49. The molecule has 0 radical (unpaired) electrons. The Balaban J connectivity index is 2.07. The molecule has 0 aliphatic carbocycles. The van der Waals surface area contributed by atoms with E-state index in [1.54, 1.807) is 19.9 Å². The molecule has 0 unspecified atom stereocenters. The van der Waals surface area contributed by atoms with E-state index in [9.17, 15) is 14.4 Å². The highest BCUT2D eigenvalue weighted by Crippen LogP contribution is 2.32. The van der Waals surface area contributed by atoms with Crippen molar-refractivity contribution in [1.29, 1.82) is 0 Å². The Kier molecular flexibility index (Phi) is 6.39. The van der Waals surface area contributed by atoms with Crippen LogP contribution in [0.25, 0.3) is 11.1 Å². The van der Waals surface area contributed by atoms with E-state index < -0.39 is 17.7 Å². The molecule has 1 amide bonds. The molecule has 0 saturated heterocycles. The number of H-pyrrole nitrogens is 1. The van der Waals surface area contributed by atoms with E-state index in [4.69, 9.17) is 4.74 Å². The molecular weight excluding hydrogens is 392 g/mol. The highest BCUT2D eigenvalue weighted by molar-refractivity contribution is 6.47. The number of carbonyl (C=O) groups is 3.